The highest BCUT2D eigenvalue weighted by atomic mass is 15.5. The molecule has 3 aromatic rings. The fourth-order valence-corrected chi connectivity index (χ4v) is 2.03. The lowest BCUT2D eigenvalue weighted by Gasteiger charge is -2.13. The fraction of sp³-hybridized carbons (Fsp3) is 0.308. The Kier molecular flexibility index (Phi) is 3.49. The molecule has 0 aliphatic rings. The number of aromatic nitrogens is 7. The topological polar surface area (TPSA) is 74.3 Å². The molecule has 0 aromatic carbocycles. The van der Waals surface area contributed by atoms with Crippen LogP contribution in [0.15, 0.2) is 43.1 Å². The van der Waals surface area contributed by atoms with E-state index in [4.69, 9.17) is 0 Å². The highest BCUT2D eigenvalue weighted by Crippen LogP contribution is 2.10. The molecule has 1 unspecified atom stereocenters. The van der Waals surface area contributed by atoms with Crippen molar-refractivity contribution in [2.75, 3.05) is 0 Å². The zero-order valence-electron chi connectivity index (χ0n) is 11.2. The minimum Gasteiger partial charge on any atom is -0.333 e. The van der Waals surface area contributed by atoms with Crippen LogP contribution in [-0.4, -0.2) is 34.7 Å². The molecular formula is C13H15N7. The zero-order chi connectivity index (χ0) is 13.8. The number of hydrogen-bond acceptors (Lipinski definition) is 5. The summed E-state index contributed by atoms with van der Waals surface area (Å²) in [6.07, 6.45) is 7.91. The zero-order valence-corrected chi connectivity index (χ0v) is 11.2. The van der Waals surface area contributed by atoms with Gasteiger partial charge in [-0.2, -0.15) is 0 Å². The van der Waals surface area contributed by atoms with Gasteiger partial charge < -0.3 is 4.57 Å². The summed E-state index contributed by atoms with van der Waals surface area (Å²) in [5.41, 5.74) is 0.957. The smallest absolute Gasteiger partial charge is 0.157 e. The second-order valence-electron chi connectivity index (χ2n) is 4.63. The van der Waals surface area contributed by atoms with Gasteiger partial charge in [-0.1, -0.05) is 6.07 Å². The summed E-state index contributed by atoms with van der Waals surface area (Å²) in [7, 11) is 0. The van der Waals surface area contributed by atoms with Gasteiger partial charge in [0.05, 0.1) is 25.3 Å². The number of rotatable bonds is 5. The molecule has 1 atom stereocenters. The van der Waals surface area contributed by atoms with Crippen LogP contribution in [0.1, 0.15) is 24.5 Å². The number of imidazole rings is 1. The Bertz CT molecular complexity index is 644. The quantitative estimate of drug-likeness (QED) is 0.693. The summed E-state index contributed by atoms with van der Waals surface area (Å²) in [5.74, 6) is 0.815. The van der Waals surface area contributed by atoms with E-state index in [0.717, 1.165) is 11.5 Å². The molecular weight excluding hydrogens is 254 g/mol. The van der Waals surface area contributed by atoms with E-state index in [2.05, 4.69) is 32.4 Å². The van der Waals surface area contributed by atoms with Crippen LogP contribution in [0.25, 0.3) is 0 Å². The van der Waals surface area contributed by atoms with E-state index in [1.54, 1.807) is 18.7 Å². The second-order valence-corrected chi connectivity index (χ2v) is 4.63. The Hall–Kier alpha value is -2.57. The monoisotopic (exact) mass is 269 g/mol. The average Bonchev–Trinajstić information content (AvgIpc) is 3.12. The molecule has 0 aliphatic carbocycles. The molecule has 3 aromatic heterocycles. The fourth-order valence-electron chi connectivity index (χ4n) is 2.03. The van der Waals surface area contributed by atoms with Crippen molar-refractivity contribution in [3.8, 4) is 0 Å². The Labute approximate surface area is 116 Å². The third kappa shape index (κ3) is 2.71. The van der Waals surface area contributed by atoms with E-state index in [9.17, 15) is 0 Å². The van der Waals surface area contributed by atoms with Crippen molar-refractivity contribution < 1.29 is 0 Å². The van der Waals surface area contributed by atoms with Crippen LogP contribution in [0, 0.1) is 0 Å². The first kappa shape index (κ1) is 12.5. The third-order valence-corrected chi connectivity index (χ3v) is 3.14. The molecule has 7 nitrogen and oxygen atoms in total. The second kappa shape index (κ2) is 5.60. The average molecular weight is 269 g/mol. The lowest BCUT2D eigenvalue weighted by molar-refractivity contribution is 0.421. The number of nitrogens with zero attached hydrogens (tertiary/aromatic N) is 7. The number of pyridine rings is 1. The first-order valence-corrected chi connectivity index (χ1v) is 6.45. The van der Waals surface area contributed by atoms with Gasteiger partial charge in [-0.25, -0.2) is 9.67 Å². The summed E-state index contributed by atoms with van der Waals surface area (Å²) in [4.78, 5) is 8.35. The SMILES string of the molecule is CC(Cn1nnnc1Cc1ccccn1)n1ccnc1. The van der Waals surface area contributed by atoms with Crippen LogP contribution in [0.3, 0.4) is 0 Å². The normalized spacial score (nSPS) is 12.4. The van der Waals surface area contributed by atoms with E-state index in [1.165, 1.54) is 0 Å². The molecule has 0 radical (unpaired) electrons. The summed E-state index contributed by atoms with van der Waals surface area (Å²) in [5, 5.41) is 11.9. The molecule has 20 heavy (non-hydrogen) atoms. The van der Waals surface area contributed by atoms with E-state index in [-0.39, 0.29) is 6.04 Å². The predicted molar refractivity (Wildman–Crippen MR) is 71.8 cm³/mol. The van der Waals surface area contributed by atoms with Crippen molar-refractivity contribution in [3.63, 3.8) is 0 Å². The molecule has 102 valence electrons. The van der Waals surface area contributed by atoms with Gasteiger partial charge in [0.15, 0.2) is 5.82 Å². The van der Waals surface area contributed by atoms with E-state index in [1.807, 2.05) is 33.6 Å². The predicted octanol–water partition coefficient (Wildman–Crippen LogP) is 1.12. The standard InChI is InChI=1S/C13H15N7/c1-11(19-7-6-14-10-19)9-20-13(16-17-18-20)8-12-4-2-3-5-15-12/h2-7,10-11H,8-9H2,1H3. The van der Waals surface area contributed by atoms with Gasteiger partial charge in [-0.3, -0.25) is 4.98 Å². The lowest BCUT2D eigenvalue weighted by Crippen LogP contribution is -2.15. The van der Waals surface area contributed by atoms with Crippen LogP contribution in [-0.2, 0) is 13.0 Å². The molecule has 0 saturated carbocycles. The van der Waals surface area contributed by atoms with Gasteiger partial charge in [-0.05, 0) is 29.5 Å². The first-order valence-electron chi connectivity index (χ1n) is 6.45. The molecule has 3 rings (SSSR count). The molecule has 0 amide bonds. The molecule has 0 fully saturated rings. The van der Waals surface area contributed by atoms with Gasteiger partial charge in [0.2, 0.25) is 0 Å². The lowest BCUT2D eigenvalue weighted by atomic mass is 10.2. The minimum atomic E-state index is 0.239. The summed E-state index contributed by atoms with van der Waals surface area (Å²) >= 11 is 0. The highest BCUT2D eigenvalue weighted by Gasteiger charge is 2.12. The van der Waals surface area contributed by atoms with Gasteiger partial charge in [-0.15, -0.1) is 5.10 Å². The Morgan fingerprint density at radius 2 is 2.20 bits per heavy atom. The summed E-state index contributed by atoms with van der Waals surface area (Å²) in [6.45, 7) is 2.80. The van der Waals surface area contributed by atoms with Crippen LogP contribution >= 0.6 is 0 Å². The highest BCUT2D eigenvalue weighted by molar-refractivity contribution is 5.08. The van der Waals surface area contributed by atoms with Gasteiger partial charge in [0, 0.05) is 24.3 Å². The van der Waals surface area contributed by atoms with Crippen molar-refractivity contribution in [1.29, 1.82) is 0 Å². The van der Waals surface area contributed by atoms with Gasteiger partial charge >= 0.3 is 0 Å². The molecule has 0 saturated heterocycles. The number of tetrazole rings is 1. The van der Waals surface area contributed by atoms with E-state index in [0.29, 0.717) is 13.0 Å². The van der Waals surface area contributed by atoms with Crippen molar-refractivity contribution in [2.45, 2.75) is 25.9 Å². The maximum Gasteiger partial charge on any atom is 0.157 e. The summed E-state index contributed by atoms with van der Waals surface area (Å²) in [6, 6.07) is 6.07. The van der Waals surface area contributed by atoms with Gasteiger partial charge in [0.1, 0.15) is 0 Å². The third-order valence-electron chi connectivity index (χ3n) is 3.14. The first-order chi connectivity index (χ1) is 9.83. The van der Waals surface area contributed by atoms with Crippen molar-refractivity contribution >= 4 is 0 Å². The van der Waals surface area contributed by atoms with Gasteiger partial charge in [0.25, 0.3) is 0 Å². The van der Waals surface area contributed by atoms with Crippen LogP contribution in [0.2, 0.25) is 0 Å². The Morgan fingerprint density at radius 3 is 2.95 bits per heavy atom. The van der Waals surface area contributed by atoms with E-state index < -0.39 is 0 Å². The van der Waals surface area contributed by atoms with Crippen LogP contribution in [0.4, 0.5) is 0 Å². The molecule has 3 heterocycles. The van der Waals surface area contributed by atoms with Crippen LogP contribution in [0.5, 0.6) is 0 Å². The number of hydrogen-bond donors (Lipinski definition) is 0. The molecule has 7 heteroatoms. The van der Waals surface area contributed by atoms with E-state index >= 15 is 0 Å². The maximum atomic E-state index is 4.30. The minimum absolute atomic E-state index is 0.239. The summed E-state index contributed by atoms with van der Waals surface area (Å²) < 4.78 is 3.85. The Balaban J connectivity index is 1.74. The molecule has 0 bridgehead atoms. The largest absolute Gasteiger partial charge is 0.333 e. The van der Waals surface area contributed by atoms with Crippen LogP contribution < -0.4 is 0 Å². The molecule has 0 spiro atoms. The molecule has 0 N–H and O–H groups in total. The Morgan fingerprint density at radius 1 is 1.25 bits per heavy atom. The maximum absolute atomic E-state index is 4.30. The van der Waals surface area contributed by atoms with Crippen molar-refractivity contribution in [2.24, 2.45) is 0 Å². The molecule has 0 aliphatic heterocycles. The van der Waals surface area contributed by atoms with Crippen molar-refractivity contribution in [1.82, 2.24) is 34.7 Å². The van der Waals surface area contributed by atoms with Crippen molar-refractivity contribution in [3.05, 3.63) is 54.6 Å².